The van der Waals surface area contributed by atoms with E-state index in [1.165, 1.54) is 6.42 Å². The number of rotatable bonds is 3. The van der Waals surface area contributed by atoms with E-state index in [1.807, 2.05) is 0 Å². The van der Waals surface area contributed by atoms with E-state index < -0.39 is 0 Å². The van der Waals surface area contributed by atoms with Crippen LogP contribution >= 0.6 is 28.1 Å². The summed E-state index contributed by atoms with van der Waals surface area (Å²) in [4.78, 5) is 0.326. The Morgan fingerprint density at radius 1 is 1.86 bits per heavy atom. The molecule has 0 nitrogen and oxygen atoms in total. The molecule has 0 fully saturated rings. The Balaban J connectivity index is 2.98. The van der Waals surface area contributed by atoms with Gasteiger partial charge in [0.05, 0.1) is 4.83 Å². The lowest BCUT2D eigenvalue weighted by molar-refractivity contribution is 0.864. The van der Waals surface area contributed by atoms with E-state index in [4.69, 9.17) is 0 Å². The van der Waals surface area contributed by atoms with Gasteiger partial charge in [0.15, 0.2) is 0 Å². The van der Waals surface area contributed by atoms with Crippen LogP contribution in [0.1, 0.15) is 19.8 Å². The minimum Gasteiger partial charge on any atom is -0.0829 e. The monoisotopic (exact) mass is 179 g/mol. The smallest absolute Gasteiger partial charge is 0.0509 e. The van der Waals surface area contributed by atoms with Gasteiger partial charge in [-0.1, -0.05) is 41.5 Å². The molecule has 0 N–H and O–H groups in total. The second kappa shape index (κ2) is 4.72. The van der Waals surface area contributed by atoms with Crippen molar-refractivity contribution in [1.29, 1.82) is 0 Å². The van der Waals surface area contributed by atoms with Crippen LogP contribution in [0.4, 0.5) is 0 Å². The van der Waals surface area contributed by atoms with Crippen molar-refractivity contribution < 1.29 is 0 Å². The van der Waals surface area contributed by atoms with Crippen molar-refractivity contribution in [2.75, 3.05) is 0 Å². The average molecular weight is 180 g/mol. The Bertz CT molecular complexity index is 54.0. The lowest BCUT2D eigenvalue weighted by Gasteiger charge is -1.94. The summed E-state index contributed by atoms with van der Waals surface area (Å²) < 4.78 is 0. The van der Waals surface area contributed by atoms with E-state index in [9.17, 15) is 0 Å². The van der Waals surface area contributed by atoms with Crippen molar-refractivity contribution >= 4 is 33.5 Å². The van der Waals surface area contributed by atoms with Crippen LogP contribution in [0, 0.1) is 0 Å². The molecule has 0 amide bonds. The van der Waals surface area contributed by atoms with Crippen LogP contribution in [0.15, 0.2) is 0 Å². The highest BCUT2D eigenvalue weighted by molar-refractivity contribution is 9.10. The van der Waals surface area contributed by atoms with Crippen LogP contribution in [0.2, 0.25) is 0 Å². The number of alkyl halides is 1. The van der Waals surface area contributed by atoms with E-state index in [1.54, 1.807) is 0 Å². The van der Waals surface area contributed by atoms with E-state index in [2.05, 4.69) is 40.4 Å². The van der Waals surface area contributed by atoms with Crippen LogP contribution in [-0.2, 0) is 0 Å². The Morgan fingerprint density at radius 3 is 2.57 bits per heavy atom. The zero-order valence-electron chi connectivity index (χ0n) is 4.28. The van der Waals surface area contributed by atoms with Gasteiger partial charge in [-0.05, 0) is 6.42 Å². The van der Waals surface area contributed by atoms with Crippen molar-refractivity contribution in [3.05, 3.63) is 0 Å². The average Bonchev–Trinajstić information content (AvgIpc) is 1.68. The van der Waals surface area contributed by atoms with Crippen LogP contribution in [0.3, 0.4) is 0 Å². The molecule has 7 heavy (non-hydrogen) atoms. The third kappa shape index (κ3) is 4.42. The summed E-state index contributed by atoms with van der Waals surface area (Å²) in [6.07, 6.45) is 2.27. The van der Waals surface area contributed by atoms with Gasteiger partial charge in [-0.3, -0.25) is 0 Å². The highest BCUT2D eigenvalue weighted by atomic mass is 79.9. The van der Waals surface area contributed by atoms with Gasteiger partial charge in [0, 0.05) is 5.37 Å². The molecule has 0 aliphatic carbocycles. The summed E-state index contributed by atoms with van der Waals surface area (Å²) in [7, 11) is 0. The highest BCUT2D eigenvalue weighted by Gasteiger charge is 1.93. The van der Waals surface area contributed by atoms with Gasteiger partial charge >= 0.3 is 0 Å². The fourth-order valence-electron chi connectivity index (χ4n) is 0.312. The molecule has 0 spiro atoms. The fraction of sp³-hybridized carbons (Fsp3) is 0.800. The molecule has 0 aromatic rings. The van der Waals surface area contributed by atoms with Gasteiger partial charge in [-0.25, -0.2) is 0 Å². The van der Waals surface area contributed by atoms with Crippen molar-refractivity contribution in [2.45, 2.75) is 24.6 Å². The molecule has 0 aliphatic rings. The molecule has 1 atom stereocenters. The van der Waals surface area contributed by atoms with Crippen molar-refractivity contribution in [1.82, 2.24) is 0 Å². The molecule has 0 bridgehead atoms. The summed E-state index contributed by atoms with van der Waals surface area (Å²) in [5.74, 6) is 0. The zero-order chi connectivity index (χ0) is 5.70. The number of halogens is 1. The molecule has 0 aromatic heterocycles. The minimum atomic E-state index is 0.326. The van der Waals surface area contributed by atoms with E-state index in [0.717, 1.165) is 6.42 Å². The third-order valence-electron chi connectivity index (χ3n) is 0.670. The molecule has 0 aromatic carbocycles. The largest absolute Gasteiger partial charge is 0.0829 e. The van der Waals surface area contributed by atoms with Gasteiger partial charge in [0.1, 0.15) is 0 Å². The molecule has 2 heteroatoms. The van der Waals surface area contributed by atoms with Crippen molar-refractivity contribution in [3.63, 3.8) is 0 Å². The van der Waals surface area contributed by atoms with Crippen molar-refractivity contribution in [2.24, 2.45) is 0 Å². The quantitative estimate of drug-likeness (QED) is 0.474. The summed E-state index contributed by atoms with van der Waals surface area (Å²) in [6, 6.07) is 0. The molecule has 0 saturated heterocycles. The van der Waals surface area contributed by atoms with Crippen LogP contribution in [0.5, 0.6) is 0 Å². The summed E-state index contributed by atoms with van der Waals surface area (Å²) in [6.45, 7) is 2.13. The molecule has 0 aliphatic heterocycles. The first-order valence-electron chi connectivity index (χ1n) is 2.33. The van der Waals surface area contributed by atoms with Gasteiger partial charge < -0.3 is 0 Å². The number of hydrogen-bond acceptors (Lipinski definition) is 1. The molecular weight excluding hydrogens is 172 g/mol. The first kappa shape index (κ1) is 7.57. The Labute approximate surface area is 58.4 Å². The Kier molecular flexibility index (Phi) is 5.11. The second-order valence-corrected chi connectivity index (χ2v) is 2.72. The lowest BCUT2D eigenvalue weighted by atomic mass is 10.3. The summed E-state index contributed by atoms with van der Waals surface area (Å²) in [5.41, 5.74) is 0. The van der Waals surface area contributed by atoms with Gasteiger partial charge in [-0.15, -0.1) is 0 Å². The van der Waals surface area contributed by atoms with E-state index in [0.29, 0.717) is 4.83 Å². The van der Waals surface area contributed by atoms with Gasteiger partial charge in [0.2, 0.25) is 0 Å². The summed E-state index contributed by atoms with van der Waals surface area (Å²) in [5, 5.41) is 2.67. The van der Waals surface area contributed by atoms with Crippen LogP contribution < -0.4 is 0 Å². The predicted molar refractivity (Wildman–Crippen MR) is 40.2 cm³/mol. The van der Waals surface area contributed by atoms with Crippen LogP contribution in [0.25, 0.3) is 0 Å². The molecule has 1 radical (unpaired) electrons. The Hall–Kier alpha value is 0.570. The Morgan fingerprint density at radius 2 is 2.43 bits per heavy atom. The number of hydrogen-bond donors (Lipinski definition) is 0. The molecule has 41 valence electrons. The normalized spacial score (nSPS) is 13.4. The van der Waals surface area contributed by atoms with E-state index in [-0.39, 0.29) is 0 Å². The maximum Gasteiger partial charge on any atom is 0.0509 e. The maximum absolute atomic E-state index is 4.54. The number of thiocarbonyl (C=S) groups is 1. The predicted octanol–water partition coefficient (Wildman–Crippen LogP) is 2.43. The van der Waals surface area contributed by atoms with Gasteiger partial charge in [-0.2, -0.15) is 0 Å². The van der Waals surface area contributed by atoms with E-state index >= 15 is 0 Å². The maximum atomic E-state index is 4.54. The second-order valence-electron chi connectivity index (χ2n) is 1.37. The molecule has 0 rings (SSSR count). The standard InChI is InChI=1S/C5H8BrS/c1-2-3-5(6)4-7/h5H,2-3H2,1H3. The van der Waals surface area contributed by atoms with Crippen molar-refractivity contribution in [3.8, 4) is 0 Å². The topological polar surface area (TPSA) is 0 Å². The molecular formula is C5H8BrS. The minimum absolute atomic E-state index is 0.326. The first-order valence-corrected chi connectivity index (χ1v) is 3.65. The molecule has 0 heterocycles. The third-order valence-corrected chi connectivity index (χ3v) is 1.94. The lowest BCUT2D eigenvalue weighted by Crippen LogP contribution is -1.93. The van der Waals surface area contributed by atoms with Crippen LogP contribution in [-0.4, -0.2) is 10.2 Å². The summed E-state index contributed by atoms with van der Waals surface area (Å²) >= 11 is 7.86. The molecule has 1 unspecified atom stereocenters. The van der Waals surface area contributed by atoms with Gasteiger partial charge in [0.25, 0.3) is 0 Å². The highest BCUT2D eigenvalue weighted by Crippen LogP contribution is 2.03. The first-order chi connectivity index (χ1) is 3.31. The molecule has 0 saturated carbocycles. The zero-order valence-corrected chi connectivity index (χ0v) is 6.68. The SMILES string of the molecule is CCCC(Br)[C]=S. The fourth-order valence-corrected chi connectivity index (χ4v) is 0.888.